The monoisotopic (exact) mass is 1040 g/mol. The van der Waals surface area contributed by atoms with Crippen molar-refractivity contribution in [3.8, 4) is 16.9 Å². The summed E-state index contributed by atoms with van der Waals surface area (Å²) in [5.74, 6) is -0.176. The van der Waals surface area contributed by atoms with E-state index in [-0.39, 0.29) is 11.3 Å². The summed E-state index contributed by atoms with van der Waals surface area (Å²) in [6.07, 6.45) is 26.6. The number of carbonyl (C=O) groups excluding carboxylic acids is 3. The highest BCUT2D eigenvalue weighted by molar-refractivity contribution is 5.87. The van der Waals surface area contributed by atoms with Gasteiger partial charge in [0.25, 0.3) is 0 Å². The number of carbonyl (C=O) groups is 3. The minimum Gasteiger partial charge on any atom is -0.463 e. The molecule has 0 amide bonds. The van der Waals surface area contributed by atoms with Crippen molar-refractivity contribution in [2.24, 2.45) is 11.8 Å². The second-order valence-corrected chi connectivity index (χ2v) is 20.4. The molecular formula is C71H64N2O6. The Labute approximate surface area is 464 Å². The molecule has 0 N–H and O–H groups in total. The molecule has 0 bridgehead atoms. The molecule has 0 aromatic heterocycles. The predicted octanol–water partition coefficient (Wildman–Crippen LogP) is 16.3. The first-order chi connectivity index (χ1) is 38.5. The van der Waals surface area contributed by atoms with Crippen LogP contribution in [0.4, 0.5) is 28.4 Å². The van der Waals surface area contributed by atoms with E-state index in [1.807, 2.05) is 24.3 Å². The van der Waals surface area contributed by atoms with Gasteiger partial charge in [-0.1, -0.05) is 152 Å². The van der Waals surface area contributed by atoms with Gasteiger partial charge in [-0.2, -0.15) is 0 Å². The average Bonchev–Trinajstić information content (AvgIpc) is 4.04. The van der Waals surface area contributed by atoms with Crippen LogP contribution in [0, 0.1) is 32.6 Å². The number of nitrogens with zero attached hydrogens (tertiary/aromatic N) is 2. The fourth-order valence-corrected chi connectivity index (χ4v) is 11.6. The number of ether oxygens (including phenoxy) is 3. The van der Waals surface area contributed by atoms with Crippen LogP contribution in [0.25, 0.3) is 11.1 Å². The third-order valence-corrected chi connectivity index (χ3v) is 15.4. The van der Waals surface area contributed by atoms with Gasteiger partial charge in [0.2, 0.25) is 0 Å². The van der Waals surface area contributed by atoms with Crippen LogP contribution in [0.15, 0.2) is 260 Å². The number of hydrogen-bond donors (Lipinski definition) is 0. The van der Waals surface area contributed by atoms with Gasteiger partial charge in [-0.05, 0) is 170 Å². The first-order valence-electron chi connectivity index (χ1n) is 27.0. The van der Waals surface area contributed by atoms with Gasteiger partial charge in [0.05, 0.1) is 13.2 Å². The summed E-state index contributed by atoms with van der Waals surface area (Å²) in [6, 6.07) is 48.7. The SMILES string of the molecule is C=CC(=O)OCCCC1(CCCOC(=O)C=C)c2ccccc2-c2ccc(N(c3ccc(C)cc3)c3ccc(C)cc3)cc21.C=CC(=O)Oc1ccc(N(C2=C3C=CC4=CC=CC5=CC=C(C=C2)C3C45)c2ccc(C)cc2)cc1. The van der Waals surface area contributed by atoms with Gasteiger partial charge in [-0.3, -0.25) is 0 Å². The second-order valence-electron chi connectivity index (χ2n) is 20.4. The molecule has 2 unspecified atom stereocenters. The molecule has 0 radical (unpaired) electrons. The molecule has 0 aliphatic heterocycles. The molecule has 0 fully saturated rings. The summed E-state index contributed by atoms with van der Waals surface area (Å²) in [4.78, 5) is 39.9. The zero-order chi connectivity index (χ0) is 55.0. The van der Waals surface area contributed by atoms with Crippen molar-refractivity contribution < 1.29 is 28.6 Å². The smallest absolute Gasteiger partial charge is 0.335 e. The Morgan fingerprint density at radius 2 is 0.975 bits per heavy atom. The molecule has 0 spiro atoms. The van der Waals surface area contributed by atoms with Crippen molar-refractivity contribution in [2.45, 2.75) is 51.9 Å². The molecule has 5 aliphatic carbocycles. The Hall–Kier alpha value is -9.27. The maximum Gasteiger partial charge on any atom is 0.335 e. The number of anilines is 5. The van der Waals surface area contributed by atoms with E-state index in [2.05, 4.69) is 220 Å². The van der Waals surface area contributed by atoms with E-state index >= 15 is 0 Å². The molecule has 2 atom stereocenters. The highest BCUT2D eigenvalue weighted by Crippen LogP contribution is 2.56. The Kier molecular flexibility index (Phi) is 15.8. The standard InChI is InChI=1S/C39H39NO4.C32H25NO2/c1-5-37(41)43-25-9-23-39(24-10-26-44-38(42)6-2)35-12-8-7-11-33(35)34-22-21-32(27-36(34)39)40(30-17-13-28(3)14-18-30)31-19-15-29(4)16-20-31;1-3-30(34)35-27-17-15-26(16-18-27)33(25-13-7-21(2)8-14-25)29-20-12-24-10-9-22-5-4-6-23-11-19-28(29)32(24)31(22)23/h5-8,11-22,27H,1-2,9-10,23-26H2,3-4H3;3-20,31-32H,1H2,2H3. The summed E-state index contributed by atoms with van der Waals surface area (Å²) in [5.41, 5.74) is 20.0. The van der Waals surface area contributed by atoms with E-state index in [9.17, 15) is 14.4 Å². The third-order valence-electron chi connectivity index (χ3n) is 15.4. The number of esters is 3. The molecule has 6 aromatic carbocycles. The van der Waals surface area contributed by atoms with Gasteiger partial charge in [-0.25, -0.2) is 14.4 Å². The Bertz CT molecular complexity index is 3490. The zero-order valence-electron chi connectivity index (χ0n) is 45.1. The molecule has 6 aromatic rings. The molecule has 0 heterocycles. The van der Waals surface area contributed by atoms with Gasteiger partial charge >= 0.3 is 17.9 Å². The lowest BCUT2D eigenvalue weighted by molar-refractivity contribution is -0.138. The summed E-state index contributed by atoms with van der Waals surface area (Å²) in [5, 5.41) is 0. The van der Waals surface area contributed by atoms with Crippen LogP contribution in [0.3, 0.4) is 0 Å². The Balaban J connectivity index is 0.000000182. The van der Waals surface area contributed by atoms with Crippen LogP contribution in [0.2, 0.25) is 0 Å². The van der Waals surface area contributed by atoms with E-state index in [0.29, 0.717) is 37.7 Å². The fraction of sp³-hybridized carbons (Fsp3) is 0.169. The number of rotatable bonds is 18. The highest BCUT2D eigenvalue weighted by atomic mass is 16.5. The van der Waals surface area contributed by atoms with Crippen LogP contribution in [0.1, 0.15) is 53.5 Å². The highest BCUT2D eigenvalue weighted by Gasteiger charge is 2.43. The van der Waals surface area contributed by atoms with Gasteiger partial charge in [0.1, 0.15) is 5.75 Å². The minimum absolute atomic E-state index is 0.289. The lowest BCUT2D eigenvalue weighted by Gasteiger charge is -2.42. The number of fused-ring (bicyclic) bond motifs is 3. The predicted molar refractivity (Wildman–Crippen MR) is 319 cm³/mol. The maximum atomic E-state index is 11.8. The van der Waals surface area contributed by atoms with Crippen LogP contribution >= 0.6 is 0 Å². The van der Waals surface area contributed by atoms with E-state index < -0.39 is 17.9 Å². The zero-order valence-corrected chi connectivity index (χ0v) is 45.1. The molecular weight excluding hydrogens is 977 g/mol. The molecule has 8 nitrogen and oxygen atoms in total. The van der Waals surface area contributed by atoms with Crippen molar-refractivity contribution in [2.75, 3.05) is 23.0 Å². The van der Waals surface area contributed by atoms with Crippen molar-refractivity contribution in [1.29, 1.82) is 0 Å². The van der Waals surface area contributed by atoms with Crippen molar-refractivity contribution in [3.63, 3.8) is 0 Å². The van der Waals surface area contributed by atoms with E-state index in [0.717, 1.165) is 47.0 Å². The van der Waals surface area contributed by atoms with Crippen LogP contribution in [0.5, 0.6) is 5.75 Å². The van der Waals surface area contributed by atoms with Gasteiger partial charge < -0.3 is 24.0 Å². The normalized spacial score (nSPS) is 16.3. The lowest BCUT2D eigenvalue weighted by Crippen LogP contribution is -2.32. The molecule has 0 saturated carbocycles. The van der Waals surface area contributed by atoms with Crippen LogP contribution in [-0.4, -0.2) is 31.1 Å². The van der Waals surface area contributed by atoms with Gasteiger partial charge in [0.15, 0.2) is 0 Å². The first-order valence-corrected chi connectivity index (χ1v) is 27.0. The fourth-order valence-electron chi connectivity index (χ4n) is 11.6. The summed E-state index contributed by atoms with van der Waals surface area (Å²) >= 11 is 0. The molecule has 79 heavy (non-hydrogen) atoms. The topological polar surface area (TPSA) is 85.4 Å². The third kappa shape index (κ3) is 11.1. The second kappa shape index (κ2) is 23.5. The molecule has 394 valence electrons. The molecule has 11 rings (SSSR count). The van der Waals surface area contributed by atoms with Crippen molar-refractivity contribution in [3.05, 3.63) is 288 Å². The van der Waals surface area contributed by atoms with Crippen molar-refractivity contribution >= 4 is 46.3 Å². The number of allylic oxidation sites excluding steroid dienone is 13. The molecule has 8 heteroatoms. The Morgan fingerprint density at radius 3 is 1.54 bits per heavy atom. The summed E-state index contributed by atoms with van der Waals surface area (Å²) in [6.45, 7) is 17.4. The number of aryl methyl sites for hydroxylation is 3. The Morgan fingerprint density at radius 1 is 0.494 bits per heavy atom. The number of hydrogen-bond acceptors (Lipinski definition) is 8. The molecule has 5 aliphatic rings. The summed E-state index contributed by atoms with van der Waals surface area (Å²) in [7, 11) is 0. The van der Waals surface area contributed by atoms with Gasteiger partial charge in [-0.15, -0.1) is 0 Å². The van der Waals surface area contributed by atoms with Gasteiger partial charge in [0, 0.05) is 69.6 Å². The quantitative estimate of drug-likeness (QED) is 0.0364. The van der Waals surface area contributed by atoms with Crippen LogP contribution < -0.4 is 14.5 Å². The number of benzene rings is 6. The van der Waals surface area contributed by atoms with E-state index in [4.69, 9.17) is 14.2 Å². The lowest BCUT2D eigenvalue weighted by atomic mass is 9.64. The average molecular weight is 1040 g/mol. The summed E-state index contributed by atoms with van der Waals surface area (Å²) < 4.78 is 16.1. The maximum absolute atomic E-state index is 11.8. The van der Waals surface area contributed by atoms with Crippen LogP contribution in [-0.2, 0) is 29.3 Å². The first kappa shape index (κ1) is 53.1. The largest absolute Gasteiger partial charge is 0.463 e. The minimum atomic E-state index is -0.466. The molecule has 0 saturated heterocycles. The van der Waals surface area contributed by atoms with E-state index in [1.165, 1.54) is 79.5 Å². The van der Waals surface area contributed by atoms with E-state index in [1.54, 1.807) is 0 Å². The van der Waals surface area contributed by atoms with Crippen molar-refractivity contribution in [1.82, 2.24) is 0 Å².